The average molecular weight is 439 g/mol. The van der Waals surface area contributed by atoms with Crippen molar-refractivity contribution in [1.29, 1.82) is 0 Å². The van der Waals surface area contributed by atoms with E-state index in [0.29, 0.717) is 11.8 Å². The molecule has 1 saturated carbocycles. The summed E-state index contributed by atoms with van der Waals surface area (Å²) < 4.78 is 0. The summed E-state index contributed by atoms with van der Waals surface area (Å²) in [5, 5.41) is 8.19. The number of hydrogen-bond acceptors (Lipinski definition) is 3. The Balaban J connectivity index is 1.15. The van der Waals surface area contributed by atoms with Gasteiger partial charge in [-0.25, -0.2) is 0 Å². The summed E-state index contributed by atoms with van der Waals surface area (Å²) in [7, 11) is 1.82. The highest BCUT2D eigenvalue weighted by Crippen LogP contribution is 2.27. The Bertz CT molecular complexity index is 922. The molecule has 0 unspecified atom stereocenters. The zero-order chi connectivity index (χ0) is 22.3. The van der Waals surface area contributed by atoms with Crippen LogP contribution < -0.4 is 10.6 Å². The van der Waals surface area contributed by atoms with Crippen LogP contribution in [0.3, 0.4) is 0 Å². The third kappa shape index (κ3) is 5.44. The smallest absolute Gasteiger partial charge is 0.225 e. The average Bonchev–Trinajstić information content (AvgIpc) is 3.46. The number of nitrogens with zero attached hydrogens (tertiary/aromatic N) is 3. The van der Waals surface area contributed by atoms with Crippen molar-refractivity contribution in [2.24, 2.45) is 10.9 Å². The summed E-state index contributed by atoms with van der Waals surface area (Å²) in [4.78, 5) is 25.0. The number of carbonyl (C=O) groups excluding carboxylic acids is 1. The molecule has 0 spiro atoms. The minimum Gasteiger partial charge on any atom is -0.358 e. The van der Waals surface area contributed by atoms with E-state index < -0.39 is 0 Å². The lowest BCUT2D eigenvalue weighted by Crippen LogP contribution is -2.52. The van der Waals surface area contributed by atoms with E-state index in [2.05, 4.69) is 61.6 Å². The van der Waals surface area contributed by atoms with E-state index in [-0.39, 0.29) is 0 Å². The lowest BCUT2D eigenvalue weighted by Gasteiger charge is -2.36. The van der Waals surface area contributed by atoms with Crippen molar-refractivity contribution in [3.8, 4) is 0 Å². The fourth-order valence-corrected chi connectivity index (χ4v) is 5.14. The first-order valence-electron chi connectivity index (χ1n) is 12.2. The highest BCUT2D eigenvalue weighted by Gasteiger charge is 2.29. The molecule has 1 aromatic carbocycles. The minimum absolute atomic E-state index is 0.297. The van der Waals surface area contributed by atoms with Crippen LogP contribution in [0, 0.1) is 12.8 Å². The molecule has 4 rings (SSSR count). The zero-order valence-corrected chi connectivity index (χ0v) is 19.6. The number of aromatic nitrogens is 1. The number of piperazine rings is 1. The predicted octanol–water partition coefficient (Wildman–Crippen LogP) is 2.52. The van der Waals surface area contributed by atoms with Gasteiger partial charge in [0.05, 0.1) is 0 Å². The Hall–Kier alpha value is -2.54. The van der Waals surface area contributed by atoms with Crippen LogP contribution >= 0.6 is 0 Å². The maximum atomic E-state index is 12.6. The molecule has 2 fully saturated rings. The number of fused-ring (bicyclic) bond motifs is 1. The number of nitrogens with one attached hydrogen (secondary N) is 3. The molecular formula is C25H38N6O. The van der Waals surface area contributed by atoms with Gasteiger partial charge in [-0.3, -0.25) is 14.7 Å². The van der Waals surface area contributed by atoms with Gasteiger partial charge in [-0.1, -0.05) is 31.0 Å². The second-order valence-corrected chi connectivity index (χ2v) is 9.10. The fraction of sp³-hybridized carbons (Fsp3) is 0.600. The molecule has 1 saturated heterocycles. The fourth-order valence-electron chi connectivity index (χ4n) is 5.14. The lowest BCUT2D eigenvalue weighted by atomic mass is 10.1. The summed E-state index contributed by atoms with van der Waals surface area (Å²) in [6.07, 6.45) is 5.58. The summed E-state index contributed by atoms with van der Waals surface area (Å²) in [5.74, 6) is 1.54. The maximum Gasteiger partial charge on any atom is 0.225 e. The first kappa shape index (κ1) is 22.6. The number of guanidine groups is 1. The second kappa shape index (κ2) is 10.9. The zero-order valence-electron chi connectivity index (χ0n) is 19.6. The Kier molecular flexibility index (Phi) is 7.68. The van der Waals surface area contributed by atoms with E-state index in [4.69, 9.17) is 0 Å². The molecule has 7 heteroatoms. The predicted molar refractivity (Wildman–Crippen MR) is 131 cm³/mol. The molecule has 2 aliphatic rings. The summed E-state index contributed by atoms with van der Waals surface area (Å²) in [6, 6.07) is 8.48. The molecule has 32 heavy (non-hydrogen) atoms. The number of aryl methyl sites for hydroxylation is 1. The van der Waals surface area contributed by atoms with Crippen molar-refractivity contribution < 1.29 is 4.79 Å². The van der Waals surface area contributed by atoms with Crippen molar-refractivity contribution >= 4 is 22.8 Å². The molecule has 0 radical (unpaired) electrons. The van der Waals surface area contributed by atoms with Crippen molar-refractivity contribution in [3.05, 3.63) is 35.5 Å². The largest absolute Gasteiger partial charge is 0.358 e. The van der Waals surface area contributed by atoms with Crippen LogP contribution in [-0.4, -0.2) is 79.5 Å². The third-order valence-electron chi connectivity index (χ3n) is 7.03. The van der Waals surface area contributed by atoms with Gasteiger partial charge in [-0.2, -0.15) is 0 Å². The monoisotopic (exact) mass is 438 g/mol. The van der Waals surface area contributed by atoms with Crippen molar-refractivity contribution in [1.82, 2.24) is 25.4 Å². The third-order valence-corrected chi connectivity index (χ3v) is 7.03. The molecule has 7 nitrogen and oxygen atoms in total. The van der Waals surface area contributed by atoms with Gasteiger partial charge >= 0.3 is 0 Å². The normalized spacial score (nSPS) is 18.4. The van der Waals surface area contributed by atoms with Crippen molar-refractivity contribution in [2.75, 3.05) is 52.9 Å². The SMILES string of the molecule is CN=C(NCCc1c(C)[nH]c2ccccc12)NCCN1CCN(C(=O)C2CCCC2)CC1. The minimum atomic E-state index is 0.297. The summed E-state index contributed by atoms with van der Waals surface area (Å²) in [6.45, 7) is 8.46. The van der Waals surface area contributed by atoms with Gasteiger partial charge in [0.15, 0.2) is 5.96 Å². The number of aliphatic imine (C=N–C) groups is 1. The summed E-state index contributed by atoms with van der Waals surface area (Å²) in [5.41, 5.74) is 3.81. The highest BCUT2D eigenvalue weighted by atomic mass is 16.2. The number of hydrogen-bond donors (Lipinski definition) is 3. The van der Waals surface area contributed by atoms with Gasteiger partial charge in [-0.05, 0) is 37.8 Å². The Labute approximate surface area is 191 Å². The molecule has 2 heterocycles. The molecule has 0 bridgehead atoms. The topological polar surface area (TPSA) is 75.8 Å². The molecule has 1 aliphatic heterocycles. The van der Waals surface area contributed by atoms with Crippen molar-refractivity contribution in [2.45, 2.75) is 39.0 Å². The standard InChI is InChI=1S/C25H38N6O/c1-19-21(22-9-5-6-10-23(22)29-19)11-12-27-25(26-2)28-13-14-30-15-17-31(18-16-30)24(32)20-7-3-4-8-20/h5-6,9-10,20,29H,3-4,7-8,11-18H2,1-2H3,(H2,26,27,28). The number of para-hydroxylation sites is 1. The second-order valence-electron chi connectivity index (χ2n) is 9.10. The van der Waals surface area contributed by atoms with E-state index in [1.54, 1.807) is 0 Å². The van der Waals surface area contributed by atoms with E-state index in [1.165, 1.54) is 35.0 Å². The van der Waals surface area contributed by atoms with Crippen LogP contribution in [-0.2, 0) is 11.2 Å². The first-order chi connectivity index (χ1) is 15.7. The van der Waals surface area contributed by atoms with Gasteiger partial charge < -0.3 is 20.5 Å². The van der Waals surface area contributed by atoms with Gasteiger partial charge in [0.1, 0.15) is 0 Å². The van der Waals surface area contributed by atoms with Crippen LogP contribution in [0.15, 0.2) is 29.3 Å². The Morgan fingerprint density at radius 2 is 1.81 bits per heavy atom. The van der Waals surface area contributed by atoms with E-state index in [1.807, 2.05) is 7.05 Å². The molecule has 174 valence electrons. The van der Waals surface area contributed by atoms with Gasteiger partial charge in [0, 0.05) is 75.4 Å². The van der Waals surface area contributed by atoms with E-state index >= 15 is 0 Å². The Morgan fingerprint density at radius 3 is 2.56 bits per heavy atom. The number of H-pyrrole nitrogens is 1. The first-order valence-corrected chi connectivity index (χ1v) is 12.2. The maximum absolute atomic E-state index is 12.6. The molecule has 0 atom stereocenters. The summed E-state index contributed by atoms with van der Waals surface area (Å²) >= 11 is 0. The Morgan fingerprint density at radius 1 is 1.09 bits per heavy atom. The van der Waals surface area contributed by atoms with Gasteiger partial charge in [-0.15, -0.1) is 0 Å². The molecule has 1 aliphatic carbocycles. The highest BCUT2D eigenvalue weighted by molar-refractivity contribution is 5.85. The van der Waals surface area contributed by atoms with Crippen LogP contribution in [0.5, 0.6) is 0 Å². The van der Waals surface area contributed by atoms with Crippen LogP contribution in [0.25, 0.3) is 10.9 Å². The number of amides is 1. The molecule has 2 aromatic rings. The number of benzene rings is 1. The van der Waals surface area contributed by atoms with Gasteiger partial charge in [0.25, 0.3) is 0 Å². The number of carbonyl (C=O) groups is 1. The van der Waals surface area contributed by atoms with E-state index in [0.717, 1.165) is 71.0 Å². The number of rotatable bonds is 7. The van der Waals surface area contributed by atoms with Crippen molar-refractivity contribution in [3.63, 3.8) is 0 Å². The van der Waals surface area contributed by atoms with Gasteiger partial charge in [0.2, 0.25) is 5.91 Å². The van der Waals surface area contributed by atoms with Crippen LogP contribution in [0.1, 0.15) is 36.9 Å². The lowest BCUT2D eigenvalue weighted by molar-refractivity contribution is -0.137. The quantitative estimate of drug-likeness (QED) is 0.459. The molecule has 1 amide bonds. The van der Waals surface area contributed by atoms with Crippen LogP contribution in [0.4, 0.5) is 0 Å². The molecular weight excluding hydrogens is 400 g/mol. The molecule has 1 aromatic heterocycles. The van der Waals surface area contributed by atoms with E-state index in [9.17, 15) is 4.79 Å². The molecule has 3 N–H and O–H groups in total. The van der Waals surface area contributed by atoms with Crippen LogP contribution in [0.2, 0.25) is 0 Å². The number of aromatic amines is 1.